The van der Waals surface area contributed by atoms with Gasteiger partial charge in [-0.1, -0.05) is 32.0 Å². The van der Waals surface area contributed by atoms with E-state index in [1.165, 1.54) is 19.3 Å². The molecule has 0 aliphatic rings. The standard InChI is InChI=1S/C12H18N3S/c1-2-3-4-9-14-15-11-7-5-10(6-8-11)12(13)16/h5-8,13-15H,2-4,9H2,1H3. The number of hydrazine groups is 1. The fraction of sp³-hybridized carbons (Fsp3) is 0.417. The van der Waals surface area contributed by atoms with E-state index in [-0.39, 0.29) is 4.99 Å². The highest BCUT2D eigenvalue weighted by Gasteiger charge is 1.96. The summed E-state index contributed by atoms with van der Waals surface area (Å²) in [5.41, 5.74) is 15.3. The second-order valence-corrected chi connectivity index (χ2v) is 4.07. The van der Waals surface area contributed by atoms with Crippen molar-refractivity contribution in [3.8, 4) is 0 Å². The van der Waals surface area contributed by atoms with Crippen molar-refractivity contribution in [3.63, 3.8) is 0 Å². The van der Waals surface area contributed by atoms with Crippen molar-refractivity contribution in [2.75, 3.05) is 12.0 Å². The molecule has 0 bridgehead atoms. The molecule has 3 nitrogen and oxygen atoms in total. The molecule has 0 aliphatic heterocycles. The Morgan fingerprint density at radius 1 is 1.25 bits per heavy atom. The van der Waals surface area contributed by atoms with Crippen LogP contribution in [0, 0.1) is 0 Å². The molecule has 87 valence electrons. The molecule has 0 unspecified atom stereocenters. The Morgan fingerprint density at radius 3 is 2.50 bits per heavy atom. The third-order valence-electron chi connectivity index (χ3n) is 2.29. The van der Waals surface area contributed by atoms with Gasteiger partial charge in [-0.2, -0.15) is 0 Å². The van der Waals surface area contributed by atoms with E-state index in [1.54, 1.807) is 0 Å². The zero-order valence-corrected chi connectivity index (χ0v) is 10.4. The maximum Gasteiger partial charge on any atom is 0.125 e. The number of thiocarbonyl (C=S) groups is 1. The van der Waals surface area contributed by atoms with Gasteiger partial charge in [0.25, 0.3) is 0 Å². The number of hydrogen-bond donors (Lipinski definition) is 2. The normalized spacial score (nSPS) is 10.1. The molecule has 0 saturated carbocycles. The number of unbranched alkanes of at least 4 members (excludes halogenated alkanes) is 2. The summed E-state index contributed by atoms with van der Waals surface area (Å²) < 4.78 is 0. The van der Waals surface area contributed by atoms with E-state index in [2.05, 4.69) is 17.8 Å². The number of hydrogen-bond acceptors (Lipinski definition) is 3. The van der Waals surface area contributed by atoms with Crippen LogP contribution in [0.1, 0.15) is 31.7 Å². The molecule has 1 rings (SSSR count). The van der Waals surface area contributed by atoms with Gasteiger partial charge in [-0.15, -0.1) is 0 Å². The fourth-order valence-corrected chi connectivity index (χ4v) is 1.47. The Hall–Kier alpha value is -1.13. The molecule has 0 heterocycles. The van der Waals surface area contributed by atoms with E-state index in [0.717, 1.165) is 17.8 Å². The fourth-order valence-electron chi connectivity index (χ4n) is 1.33. The minimum Gasteiger partial charge on any atom is -0.322 e. The van der Waals surface area contributed by atoms with Crippen LogP contribution in [0.15, 0.2) is 24.3 Å². The largest absolute Gasteiger partial charge is 0.322 e. The number of benzene rings is 1. The highest BCUT2D eigenvalue weighted by atomic mass is 32.1. The molecule has 1 aromatic rings. The van der Waals surface area contributed by atoms with Gasteiger partial charge < -0.3 is 5.43 Å². The molecule has 0 amide bonds. The minimum atomic E-state index is 0.183. The third kappa shape index (κ3) is 4.59. The number of nitrogens with one attached hydrogen (secondary N) is 3. The van der Waals surface area contributed by atoms with Crippen LogP contribution in [0.25, 0.3) is 0 Å². The lowest BCUT2D eigenvalue weighted by Crippen LogP contribution is -2.22. The Balaban J connectivity index is 2.29. The molecule has 0 atom stereocenters. The molecule has 0 fully saturated rings. The first-order chi connectivity index (χ1) is 7.74. The Labute approximate surface area is 102 Å². The van der Waals surface area contributed by atoms with Crippen LogP contribution < -0.4 is 16.6 Å². The zero-order valence-electron chi connectivity index (χ0n) is 9.55. The van der Waals surface area contributed by atoms with Crippen molar-refractivity contribution in [3.05, 3.63) is 29.8 Å². The van der Waals surface area contributed by atoms with Crippen LogP contribution in [0.4, 0.5) is 5.69 Å². The number of rotatable bonds is 7. The Kier molecular flexibility index (Phi) is 5.82. The van der Waals surface area contributed by atoms with E-state index < -0.39 is 0 Å². The lowest BCUT2D eigenvalue weighted by molar-refractivity contribution is 0.662. The maximum absolute atomic E-state index is 7.30. The molecular formula is C12H18N3S. The lowest BCUT2D eigenvalue weighted by atomic mass is 10.2. The molecule has 0 spiro atoms. The molecule has 0 saturated heterocycles. The average Bonchev–Trinajstić information content (AvgIpc) is 2.29. The van der Waals surface area contributed by atoms with Crippen LogP contribution >= 0.6 is 12.2 Å². The summed E-state index contributed by atoms with van der Waals surface area (Å²) in [5.74, 6) is 0. The van der Waals surface area contributed by atoms with Crippen molar-refractivity contribution in [1.82, 2.24) is 11.2 Å². The van der Waals surface area contributed by atoms with E-state index in [0.29, 0.717) is 0 Å². The van der Waals surface area contributed by atoms with Gasteiger partial charge in [0, 0.05) is 17.8 Å². The van der Waals surface area contributed by atoms with Crippen LogP contribution in [0.5, 0.6) is 0 Å². The van der Waals surface area contributed by atoms with E-state index in [4.69, 9.17) is 18.0 Å². The van der Waals surface area contributed by atoms with Gasteiger partial charge in [0.1, 0.15) is 4.99 Å². The predicted molar refractivity (Wildman–Crippen MR) is 72.4 cm³/mol. The van der Waals surface area contributed by atoms with Gasteiger partial charge in [0.2, 0.25) is 0 Å². The first-order valence-corrected chi connectivity index (χ1v) is 5.99. The maximum atomic E-state index is 7.30. The van der Waals surface area contributed by atoms with E-state index in [9.17, 15) is 0 Å². The topological polar surface area (TPSA) is 47.9 Å². The highest BCUT2D eigenvalue weighted by molar-refractivity contribution is 7.80. The molecule has 3 N–H and O–H groups in total. The summed E-state index contributed by atoms with van der Waals surface area (Å²) in [4.78, 5) is 0.183. The second-order valence-electron chi connectivity index (χ2n) is 3.67. The van der Waals surface area contributed by atoms with Crippen molar-refractivity contribution in [2.24, 2.45) is 0 Å². The van der Waals surface area contributed by atoms with Crippen LogP contribution in [0.2, 0.25) is 0 Å². The minimum absolute atomic E-state index is 0.183. The van der Waals surface area contributed by atoms with Crippen molar-refractivity contribution < 1.29 is 0 Å². The summed E-state index contributed by atoms with van der Waals surface area (Å²) >= 11 is 4.77. The highest BCUT2D eigenvalue weighted by Crippen LogP contribution is 2.08. The van der Waals surface area contributed by atoms with Crippen molar-refractivity contribution >= 4 is 22.9 Å². The Bertz CT molecular complexity index is 322. The molecule has 4 heteroatoms. The smallest absolute Gasteiger partial charge is 0.125 e. The first-order valence-electron chi connectivity index (χ1n) is 5.59. The van der Waals surface area contributed by atoms with Crippen LogP contribution in [-0.2, 0) is 0 Å². The predicted octanol–water partition coefficient (Wildman–Crippen LogP) is 2.75. The molecule has 0 aliphatic carbocycles. The first kappa shape index (κ1) is 12.9. The quantitative estimate of drug-likeness (QED) is 0.435. The Morgan fingerprint density at radius 2 is 1.94 bits per heavy atom. The summed E-state index contributed by atoms with van der Waals surface area (Å²) in [6, 6.07) is 7.54. The lowest BCUT2D eigenvalue weighted by Gasteiger charge is -2.08. The van der Waals surface area contributed by atoms with Gasteiger partial charge in [-0.3, -0.25) is 5.73 Å². The van der Waals surface area contributed by atoms with E-state index >= 15 is 0 Å². The summed E-state index contributed by atoms with van der Waals surface area (Å²) in [6.45, 7) is 3.16. The molecule has 1 aromatic carbocycles. The molecule has 16 heavy (non-hydrogen) atoms. The molecule has 0 aromatic heterocycles. The van der Waals surface area contributed by atoms with Gasteiger partial charge in [0.05, 0.1) is 0 Å². The second kappa shape index (κ2) is 7.19. The SMILES string of the molecule is CCCCCNNc1ccc(C([NH])=S)cc1. The molecular weight excluding hydrogens is 218 g/mol. The van der Waals surface area contributed by atoms with Crippen LogP contribution in [-0.4, -0.2) is 11.5 Å². The van der Waals surface area contributed by atoms with Gasteiger partial charge in [0.15, 0.2) is 0 Å². The molecule has 1 radical (unpaired) electrons. The van der Waals surface area contributed by atoms with Gasteiger partial charge >= 0.3 is 0 Å². The van der Waals surface area contributed by atoms with Crippen molar-refractivity contribution in [1.29, 1.82) is 0 Å². The monoisotopic (exact) mass is 236 g/mol. The van der Waals surface area contributed by atoms with Gasteiger partial charge in [-0.25, -0.2) is 5.43 Å². The average molecular weight is 236 g/mol. The zero-order chi connectivity index (χ0) is 11.8. The summed E-state index contributed by atoms with van der Waals surface area (Å²) in [5, 5.41) is 0. The van der Waals surface area contributed by atoms with Crippen LogP contribution in [0.3, 0.4) is 0 Å². The van der Waals surface area contributed by atoms with E-state index in [1.807, 2.05) is 24.3 Å². The van der Waals surface area contributed by atoms with Gasteiger partial charge in [-0.05, 0) is 30.7 Å². The summed E-state index contributed by atoms with van der Waals surface area (Å²) in [6.07, 6.45) is 3.66. The van der Waals surface area contributed by atoms with Crippen molar-refractivity contribution in [2.45, 2.75) is 26.2 Å². The third-order valence-corrected chi connectivity index (χ3v) is 2.52. The number of anilines is 1. The summed E-state index contributed by atoms with van der Waals surface area (Å²) in [7, 11) is 0.